The number of aliphatic hydroxyl groups excluding tert-OH is 1. The fourth-order valence-electron chi connectivity index (χ4n) is 2.71. The van der Waals surface area contributed by atoms with Crippen molar-refractivity contribution in [3.63, 3.8) is 0 Å². The van der Waals surface area contributed by atoms with Gasteiger partial charge in [0.25, 0.3) is 0 Å². The van der Waals surface area contributed by atoms with Crippen molar-refractivity contribution in [3.05, 3.63) is 77.7 Å². The van der Waals surface area contributed by atoms with Crippen LogP contribution >= 0.6 is 0 Å². The lowest BCUT2D eigenvalue weighted by molar-refractivity contribution is 0.130. The van der Waals surface area contributed by atoms with Crippen LogP contribution in [-0.4, -0.2) is 38.3 Å². The molecular weight excluding hydrogens is 316 g/mol. The van der Waals surface area contributed by atoms with Crippen LogP contribution in [0.5, 0.6) is 0 Å². The first-order valence-corrected chi connectivity index (χ1v) is 8.36. The van der Waals surface area contributed by atoms with Crippen LogP contribution in [0.15, 0.2) is 59.4 Å². The van der Waals surface area contributed by atoms with E-state index in [-0.39, 0.29) is 12.6 Å². The molecule has 1 aromatic carbocycles. The zero-order valence-electron chi connectivity index (χ0n) is 14.2. The van der Waals surface area contributed by atoms with Crippen LogP contribution in [0.1, 0.15) is 35.8 Å². The predicted molar refractivity (Wildman–Crippen MR) is 93.7 cm³/mol. The van der Waals surface area contributed by atoms with Crippen LogP contribution in [0.4, 0.5) is 0 Å². The van der Waals surface area contributed by atoms with Crippen molar-refractivity contribution in [1.82, 2.24) is 20.0 Å². The summed E-state index contributed by atoms with van der Waals surface area (Å²) in [6.07, 6.45) is 4.21. The highest BCUT2D eigenvalue weighted by molar-refractivity contribution is 5.18. The predicted octanol–water partition coefficient (Wildman–Crippen LogP) is 2.61. The highest BCUT2D eigenvalue weighted by Crippen LogP contribution is 2.21. The smallest absolute Gasteiger partial charge is 0.243 e. The third kappa shape index (κ3) is 4.71. The number of hydrogen-bond donors (Lipinski definition) is 1. The Balaban J connectivity index is 1.70. The molecule has 0 aliphatic heterocycles. The van der Waals surface area contributed by atoms with E-state index >= 15 is 0 Å². The third-order valence-electron chi connectivity index (χ3n) is 4.09. The average Bonchev–Trinajstić information content (AvgIpc) is 3.11. The molecule has 0 radical (unpaired) electrons. The summed E-state index contributed by atoms with van der Waals surface area (Å²) >= 11 is 0. The molecule has 1 unspecified atom stereocenters. The second-order valence-electron chi connectivity index (χ2n) is 5.94. The summed E-state index contributed by atoms with van der Waals surface area (Å²) < 4.78 is 5.46. The molecule has 2 aromatic heterocycles. The maximum absolute atomic E-state index is 9.39. The fourth-order valence-corrected chi connectivity index (χ4v) is 2.71. The summed E-state index contributed by atoms with van der Waals surface area (Å²) in [7, 11) is 0. The molecule has 6 nitrogen and oxygen atoms in total. The molecule has 0 saturated carbocycles. The Labute approximate surface area is 147 Å². The monoisotopic (exact) mass is 338 g/mol. The molecule has 0 spiro atoms. The Morgan fingerprint density at radius 3 is 2.64 bits per heavy atom. The summed E-state index contributed by atoms with van der Waals surface area (Å²) in [4.78, 5) is 10.8. The second kappa shape index (κ2) is 8.50. The maximum Gasteiger partial charge on any atom is 0.243 e. The molecule has 3 rings (SSSR count). The zero-order valence-corrected chi connectivity index (χ0v) is 14.2. The van der Waals surface area contributed by atoms with Crippen molar-refractivity contribution in [2.45, 2.75) is 25.9 Å². The quantitative estimate of drug-likeness (QED) is 0.680. The molecule has 0 aliphatic rings. The SMILES string of the molecule is CC(c1nc(Cc2ccccc2)no1)N(CCO)Cc1cccnc1. The van der Waals surface area contributed by atoms with Crippen LogP contribution in [0.3, 0.4) is 0 Å². The van der Waals surface area contributed by atoms with Gasteiger partial charge in [-0.15, -0.1) is 0 Å². The molecule has 0 aliphatic carbocycles. The van der Waals surface area contributed by atoms with Crippen molar-refractivity contribution in [2.24, 2.45) is 0 Å². The minimum absolute atomic E-state index is 0.0651. The van der Waals surface area contributed by atoms with Gasteiger partial charge in [-0.05, 0) is 24.1 Å². The third-order valence-corrected chi connectivity index (χ3v) is 4.09. The van der Waals surface area contributed by atoms with Gasteiger partial charge in [0.05, 0.1) is 12.6 Å². The van der Waals surface area contributed by atoms with Crippen molar-refractivity contribution in [2.75, 3.05) is 13.2 Å². The van der Waals surface area contributed by atoms with Gasteiger partial charge in [0.2, 0.25) is 5.89 Å². The number of nitrogens with zero attached hydrogens (tertiary/aromatic N) is 4. The van der Waals surface area contributed by atoms with E-state index in [9.17, 15) is 5.11 Å². The molecule has 1 atom stereocenters. The highest BCUT2D eigenvalue weighted by atomic mass is 16.5. The van der Waals surface area contributed by atoms with Crippen molar-refractivity contribution in [3.8, 4) is 0 Å². The first kappa shape index (κ1) is 17.3. The Morgan fingerprint density at radius 2 is 1.92 bits per heavy atom. The van der Waals surface area contributed by atoms with E-state index < -0.39 is 0 Å². The average molecular weight is 338 g/mol. The van der Waals surface area contributed by atoms with Gasteiger partial charge in [0.1, 0.15) is 0 Å². The lowest BCUT2D eigenvalue weighted by atomic mass is 10.1. The van der Waals surface area contributed by atoms with E-state index in [2.05, 4.69) is 20.0 Å². The topological polar surface area (TPSA) is 75.3 Å². The standard InChI is InChI=1S/C19H22N4O2/c1-15(23(10-11-24)14-17-8-5-9-20-13-17)19-21-18(22-25-19)12-16-6-3-2-4-7-16/h2-9,13,15,24H,10-12,14H2,1H3. The molecule has 2 heterocycles. The van der Waals surface area contributed by atoms with Gasteiger partial charge in [-0.25, -0.2) is 0 Å². The van der Waals surface area contributed by atoms with Gasteiger partial charge in [-0.3, -0.25) is 9.88 Å². The molecule has 3 aromatic rings. The Morgan fingerprint density at radius 1 is 1.12 bits per heavy atom. The van der Waals surface area contributed by atoms with E-state index in [1.165, 1.54) is 0 Å². The lowest BCUT2D eigenvalue weighted by Crippen LogP contribution is -2.29. The highest BCUT2D eigenvalue weighted by Gasteiger charge is 2.21. The van der Waals surface area contributed by atoms with E-state index in [0.717, 1.165) is 11.1 Å². The number of pyridine rings is 1. The molecule has 1 N–H and O–H groups in total. The van der Waals surface area contributed by atoms with Gasteiger partial charge >= 0.3 is 0 Å². The zero-order chi connectivity index (χ0) is 17.5. The summed E-state index contributed by atoms with van der Waals surface area (Å²) in [5.74, 6) is 1.22. The Kier molecular flexibility index (Phi) is 5.87. The number of aliphatic hydroxyl groups is 1. The minimum Gasteiger partial charge on any atom is -0.395 e. The van der Waals surface area contributed by atoms with E-state index in [0.29, 0.717) is 31.2 Å². The lowest BCUT2D eigenvalue weighted by Gasteiger charge is -2.25. The molecule has 0 fully saturated rings. The first-order valence-electron chi connectivity index (χ1n) is 8.36. The molecule has 130 valence electrons. The molecule has 0 bridgehead atoms. The van der Waals surface area contributed by atoms with Crippen LogP contribution in [0.2, 0.25) is 0 Å². The summed E-state index contributed by atoms with van der Waals surface area (Å²) in [6, 6.07) is 13.9. The second-order valence-corrected chi connectivity index (χ2v) is 5.94. The Bertz CT molecular complexity index is 761. The van der Waals surface area contributed by atoms with Crippen LogP contribution in [0, 0.1) is 0 Å². The van der Waals surface area contributed by atoms with Crippen LogP contribution in [-0.2, 0) is 13.0 Å². The summed E-state index contributed by atoms with van der Waals surface area (Å²) in [5.41, 5.74) is 2.22. The molecular formula is C19H22N4O2. The fraction of sp³-hybridized carbons (Fsp3) is 0.316. The van der Waals surface area contributed by atoms with Gasteiger partial charge in [-0.2, -0.15) is 4.98 Å². The molecule has 0 amide bonds. The van der Waals surface area contributed by atoms with Crippen molar-refractivity contribution >= 4 is 0 Å². The van der Waals surface area contributed by atoms with Gasteiger partial charge in [0.15, 0.2) is 5.82 Å². The largest absolute Gasteiger partial charge is 0.395 e. The normalized spacial score (nSPS) is 12.4. The van der Waals surface area contributed by atoms with E-state index in [1.807, 2.05) is 55.6 Å². The van der Waals surface area contributed by atoms with Crippen molar-refractivity contribution < 1.29 is 9.63 Å². The first-order chi connectivity index (χ1) is 12.3. The van der Waals surface area contributed by atoms with Crippen LogP contribution < -0.4 is 0 Å². The van der Waals surface area contributed by atoms with E-state index in [1.54, 1.807) is 6.20 Å². The Hall–Kier alpha value is -2.57. The maximum atomic E-state index is 9.39. The summed E-state index contributed by atoms with van der Waals surface area (Å²) in [6.45, 7) is 3.25. The van der Waals surface area contributed by atoms with Gasteiger partial charge in [0, 0.05) is 31.9 Å². The summed E-state index contributed by atoms with van der Waals surface area (Å²) in [5, 5.41) is 13.5. The van der Waals surface area contributed by atoms with Gasteiger partial charge in [-0.1, -0.05) is 41.6 Å². The number of aromatic nitrogens is 3. The molecule has 25 heavy (non-hydrogen) atoms. The van der Waals surface area contributed by atoms with Gasteiger partial charge < -0.3 is 9.63 Å². The number of hydrogen-bond acceptors (Lipinski definition) is 6. The van der Waals surface area contributed by atoms with Crippen molar-refractivity contribution in [1.29, 1.82) is 0 Å². The number of benzene rings is 1. The molecule has 0 saturated heterocycles. The number of rotatable bonds is 8. The minimum atomic E-state index is -0.0932. The van der Waals surface area contributed by atoms with E-state index in [4.69, 9.17) is 4.52 Å². The molecule has 6 heteroatoms. The van der Waals surface area contributed by atoms with Crippen LogP contribution in [0.25, 0.3) is 0 Å².